The number of aldehydes is 1. The van der Waals surface area contributed by atoms with E-state index >= 15 is 0 Å². The van der Waals surface area contributed by atoms with E-state index in [4.69, 9.17) is 0 Å². The molecule has 0 bridgehead atoms. The molecule has 0 saturated carbocycles. The highest BCUT2D eigenvalue weighted by Crippen LogP contribution is 2.28. The van der Waals surface area contributed by atoms with Crippen LogP contribution in [-0.4, -0.2) is 25.6 Å². The number of aromatic nitrogens is 4. The molecule has 3 rings (SSSR count). The van der Waals surface area contributed by atoms with Crippen LogP contribution in [0.2, 0.25) is 0 Å². The van der Waals surface area contributed by atoms with Crippen LogP contribution >= 0.6 is 23.1 Å². The van der Waals surface area contributed by atoms with Crippen LogP contribution in [0.3, 0.4) is 0 Å². The number of thiazole rings is 1. The van der Waals surface area contributed by atoms with Crippen LogP contribution in [0.1, 0.15) is 16.2 Å². The Labute approximate surface area is 115 Å². The third-order valence-corrected chi connectivity index (χ3v) is 4.06. The molecule has 3 aromatic heterocycles. The van der Waals surface area contributed by atoms with Gasteiger partial charge in [-0.2, -0.15) is 0 Å². The minimum atomic E-state index is -0.219. The number of aryl methyl sites for hydroxylation is 1. The number of aromatic amines is 1. The molecule has 0 spiro atoms. The second-order valence-corrected chi connectivity index (χ2v) is 5.62. The van der Waals surface area contributed by atoms with Crippen LogP contribution in [0, 0.1) is 6.92 Å². The molecule has 0 amide bonds. The first kappa shape index (κ1) is 12.1. The summed E-state index contributed by atoms with van der Waals surface area (Å²) < 4.78 is 1.72. The zero-order chi connectivity index (χ0) is 13.4. The lowest BCUT2D eigenvalue weighted by Gasteiger charge is -1.99. The Bertz CT molecular complexity index is 818. The minimum Gasteiger partial charge on any atom is -0.301 e. The molecular weight excluding hydrogens is 284 g/mol. The maximum atomic E-state index is 11.4. The van der Waals surface area contributed by atoms with Crippen molar-refractivity contribution in [3.05, 3.63) is 39.4 Å². The Morgan fingerprint density at radius 2 is 2.32 bits per heavy atom. The van der Waals surface area contributed by atoms with Crippen molar-refractivity contribution in [2.45, 2.75) is 17.1 Å². The molecule has 19 heavy (non-hydrogen) atoms. The summed E-state index contributed by atoms with van der Waals surface area (Å²) in [6, 6.07) is 1.41. The number of fused-ring (bicyclic) bond motifs is 1. The lowest BCUT2D eigenvalue weighted by molar-refractivity contribution is 0.111. The average molecular weight is 292 g/mol. The first-order valence-corrected chi connectivity index (χ1v) is 7.03. The van der Waals surface area contributed by atoms with Crippen molar-refractivity contribution in [1.82, 2.24) is 19.4 Å². The Hall–Kier alpha value is -1.93. The van der Waals surface area contributed by atoms with Crippen LogP contribution in [0.4, 0.5) is 0 Å². The molecule has 0 atom stereocenters. The predicted molar refractivity (Wildman–Crippen MR) is 72.2 cm³/mol. The fraction of sp³-hybridized carbons (Fsp3) is 0.0909. The topological polar surface area (TPSA) is 80.1 Å². The van der Waals surface area contributed by atoms with Gasteiger partial charge in [-0.1, -0.05) is 0 Å². The zero-order valence-corrected chi connectivity index (χ0v) is 11.4. The highest BCUT2D eigenvalue weighted by Gasteiger charge is 2.14. The molecule has 0 radical (unpaired) electrons. The van der Waals surface area contributed by atoms with Gasteiger partial charge in [-0.25, -0.2) is 9.97 Å². The van der Waals surface area contributed by atoms with E-state index in [1.54, 1.807) is 17.5 Å². The predicted octanol–water partition coefficient (Wildman–Crippen LogP) is 1.75. The molecule has 0 aliphatic heterocycles. The molecule has 0 fully saturated rings. The molecule has 0 aliphatic rings. The normalized spacial score (nSPS) is 11.0. The summed E-state index contributed by atoms with van der Waals surface area (Å²) in [6.45, 7) is 1.74. The summed E-state index contributed by atoms with van der Waals surface area (Å²) >= 11 is 2.62. The van der Waals surface area contributed by atoms with Crippen LogP contribution in [0.25, 0.3) is 4.96 Å². The number of rotatable bonds is 3. The Kier molecular flexibility index (Phi) is 2.96. The Morgan fingerprint density at radius 3 is 3.05 bits per heavy atom. The Balaban J connectivity index is 2.07. The number of hydrogen-bond acceptors (Lipinski definition) is 6. The number of carbonyl (C=O) groups excluding carboxylic acids is 1. The number of carbonyl (C=O) groups is 1. The van der Waals surface area contributed by atoms with Crippen molar-refractivity contribution in [1.29, 1.82) is 0 Å². The van der Waals surface area contributed by atoms with E-state index in [-0.39, 0.29) is 5.56 Å². The highest BCUT2D eigenvalue weighted by molar-refractivity contribution is 7.99. The van der Waals surface area contributed by atoms with Gasteiger partial charge in [0.25, 0.3) is 5.56 Å². The van der Waals surface area contributed by atoms with Crippen molar-refractivity contribution in [3.8, 4) is 0 Å². The van der Waals surface area contributed by atoms with Crippen molar-refractivity contribution < 1.29 is 4.79 Å². The summed E-state index contributed by atoms with van der Waals surface area (Å²) in [4.78, 5) is 34.4. The second kappa shape index (κ2) is 4.63. The molecule has 6 nitrogen and oxygen atoms in total. The largest absolute Gasteiger partial charge is 0.301 e. The average Bonchev–Trinajstić information content (AvgIpc) is 2.87. The van der Waals surface area contributed by atoms with Gasteiger partial charge in [0.15, 0.2) is 16.4 Å². The van der Waals surface area contributed by atoms with Gasteiger partial charge in [-0.3, -0.25) is 14.0 Å². The minimum absolute atomic E-state index is 0.219. The van der Waals surface area contributed by atoms with Gasteiger partial charge in [0, 0.05) is 23.3 Å². The van der Waals surface area contributed by atoms with Crippen molar-refractivity contribution >= 4 is 34.3 Å². The molecule has 0 saturated heterocycles. The fourth-order valence-electron chi connectivity index (χ4n) is 1.66. The van der Waals surface area contributed by atoms with E-state index < -0.39 is 0 Å². The molecule has 96 valence electrons. The van der Waals surface area contributed by atoms with Gasteiger partial charge in [0.05, 0.1) is 0 Å². The smallest absolute Gasteiger partial charge is 0.251 e. The third kappa shape index (κ3) is 2.20. The summed E-state index contributed by atoms with van der Waals surface area (Å²) in [7, 11) is 0. The monoisotopic (exact) mass is 292 g/mol. The van der Waals surface area contributed by atoms with Crippen LogP contribution in [0.5, 0.6) is 0 Å². The number of nitrogens with zero attached hydrogens (tertiary/aromatic N) is 3. The molecule has 3 aromatic rings. The van der Waals surface area contributed by atoms with Crippen molar-refractivity contribution in [2.75, 3.05) is 0 Å². The van der Waals surface area contributed by atoms with E-state index in [1.165, 1.54) is 29.2 Å². The van der Waals surface area contributed by atoms with Crippen LogP contribution in [-0.2, 0) is 0 Å². The van der Waals surface area contributed by atoms with Gasteiger partial charge in [0.1, 0.15) is 10.7 Å². The van der Waals surface area contributed by atoms with Gasteiger partial charge < -0.3 is 4.98 Å². The van der Waals surface area contributed by atoms with Crippen molar-refractivity contribution in [2.24, 2.45) is 0 Å². The second-order valence-electron chi connectivity index (χ2n) is 3.77. The van der Waals surface area contributed by atoms with Crippen LogP contribution in [0.15, 0.2) is 32.6 Å². The summed E-state index contributed by atoms with van der Waals surface area (Å²) in [5, 5.41) is 2.82. The van der Waals surface area contributed by atoms with E-state index in [1.807, 2.05) is 5.38 Å². The van der Waals surface area contributed by atoms with Gasteiger partial charge in [-0.05, 0) is 18.7 Å². The number of hydrogen-bond donors (Lipinski definition) is 1. The third-order valence-electron chi connectivity index (χ3n) is 2.42. The van der Waals surface area contributed by atoms with Crippen LogP contribution < -0.4 is 5.56 Å². The first-order valence-electron chi connectivity index (χ1n) is 5.34. The molecule has 3 heterocycles. The quantitative estimate of drug-likeness (QED) is 0.587. The first-order chi connectivity index (χ1) is 9.17. The Morgan fingerprint density at radius 1 is 1.47 bits per heavy atom. The van der Waals surface area contributed by atoms with Crippen molar-refractivity contribution in [3.63, 3.8) is 0 Å². The SMILES string of the molecule is Cc1cc(=O)[nH]c(Sc2nc3sccn3c2C=O)n1. The van der Waals surface area contributed by atoms with Gasteiger partial charge >= 0.3 is 0 Å². The molecule has 8 heteroatoms. The van der Waals surface area contributed by atoms with E-state index in [0.717, 1.165) is 11.2 Å². The zero-order valence-electron chi connectivity index (χ0n) is 9.78. The molecular formula is C11H8N4O2S2. The molecule has 0 aliphatic carbocycles. The molecule has 1 N–H and O–H groups in total. The van der Waals surface area contributed by atoms with Gasteiger partial charge in [0.2, 0.25) is 0 Å². The highest BCUT2D eigenvalue weighted by atomic mass is 32.2. The lowest BCUT2D eigenvalue weighted by Crippen LogP contribution is -2.08. The lowest BCUT2D eigenvalue weighted by atomic mass is 10.5. The summed E-state index contributed by atoms with van der Waals surface area (Å²) in [5.41, 5.74) is 0.869. The maximum absolute atomic E-state index is 11.4. The number of nitrogens with one attached hydrogen (secondary N) is 1. The van der Waals surface area contributed by atoms with E-state index in [0.29, 0.717) is 21.6 Å². The number of imidazole rings is 1. The number of H-pyrrole nitrogens is 1. The molecule has 0 aromatic carbocycles. The summed E-state index contributed by atoms with van der Waals surface area (Å²) in [5.74, 6) is 0. The maximum Gasteiger partial charge on any atom is 0.251 e. The van der Waals surface area contributed by atoms with E-state index in [9.17, 15) is 9.59 Å². The van der Waals surface area contributed by atoms with Gasteiger partial charge in [-0.15, -0.1) is 11.3 Å². The summed E-state index contributed by atoms with van der Waals surface area (Å²) in [6.07, 6.45) is 2.54. The molecule has 0 unspecified atom stereocenters. The van der Waals surface area contributed by atoms with E-state index in [2.05, 4.69) is 15.0 Å². The fourth-order valence-corrected chi connectivity index (χ4v) is 3.34. The standard InChI is InChI=1S/C11H8N4O2S2/c1-6-4-8(17)13-10(12-6)19-9-7(5-16)15-2-3-18-11(15)14-9/h2-5H,1H3,(H,12,13,17).